The van der Waals surface area contributed by atoms with Gasteiger partial charge in [-0.2, -0.15) is 0 Å². The van der Waals surface area contributed by atoms with E-state index in [4.69, 9.17) is 5.73 Å². The standard InChI is InChI=1S/C20H12N6O2/c21-19-17-9-15-5-3-13(23-15)7-11-1-2-12(22-11)8-14-4-6-16(24-14)10-18(25-17)20(19)26(27)28/h1-10H,21H2. The van der Waals surface area contributed by atoms with E-state index in [2.05, 4.69) is 20.0 Å². The number of fused-ring (bicyclic) bond motifs is 4. The molecule has 8 bridgehead atoms. The summed E-state index contributed by atoms with van der Waals surface area (Å²) in [6, 6.07) is 0. The van der Waals surface area contributed by atoms with Crippen LogP contribution in [-0.2, 0) is 0 Å². The fraction of sp³-hybridized carbons (Fsp3) is 0. The summed E-state index contributed by atoms with van der Waals surface area (Å²) in [4.78, 5) is 28.8. The maximum absolute atomic E-state index is 11.5. The molecule has 28 heavy (non-hydrogen) atoms. The average molecular weight is 368 g/mol. The van der Waals surface area contributed by atoms with Gasteiger partial charge in [-0.05, 0) is 60.8 Å². The fourth-order valence-corrected chi connectivity index (χ4v) is 3.15. The molecule has 8 nitrogen and oxygen atoms in total. The first-order valence-electron chi connectivity index (χ1n) is 8.46. The van der Waals surface area contributed by atoms with Crippen molar-refractivity contribution in [1.29, 1.82) is 0 Å². The van der Waals surface area contributed by atoms with Crippen molar-refractivity contribution in [3.63, 3.8) is 0 Å². The summed E-state index contributed by atoms with van der Waals surface area (Å²) in [6.07, 6.45) is 17.9. The van der Waals surface area contributed by atoms with Crippen LogP contribution in [0.4, 0.5) is 0 Å². The van der Waals surface area contributed by atoms with Crippen LogP contribution in [0.3, 0.4) is 0 Å². The molecule has 0 saturated carbocycles. The smallest absolute Gasteiger partial charge is 0.319 e. The van der Waals surface area contributed by atoms with Crippen LogP contribution < -0.4 is 5.73 Å². The molecule has 5 aliphatic rings. The van der Waals surface area contributed by atoms with Gasteiger partial charge in [0.15, 0.2) is 0 Å². The first-order valence-corrected chi connectivity index (χ1v) is 8.46. The predicted octanol–water partition coefficient (Wildman–Crippen LogP) is 2.47. The van der Waals surface area contributed by atoms with E-state index in [0.717, 1.165) is 17.1 Å². The van der Waals surface area contributed by atoms with Crippen molar-refractivity contribution < 1.29 is 4.92 Å². The maximum Gasteiger partial charge on any atom is 0.319 e. The van der Waals surface area contributed by atoms with Gasteiger partial charge in [0.2, 0.25) is 0 Å². The summed E-state index contributed by atoms with van der Waals surface area (Å²) in [5, 5.41) is 11.5. The van der Waals surface area contributed by atoms with E-state index in [1.165, 1.54) is 0 Å². The minimum absolute atomic E-state index is 0.00867. The van der Waals surface area contributed by atoms with Crippen molar-refractivity contribution in [2.45, 2.75) is 0 Å². The van der Waals surface area contributed by atoms with Crippen molar-refractivity contribution in [1.82, 2.24) is 0 Å². The fourth-order valence-electron chi connectivity index (χ4n) is 3.15. The molecule has 0 aliphatic carbocycles. The Balaban J connectivity index is 1.70. The Bertz CT molecular complexity index is 1220. The summed E-state index contributed by atoms with van der Waals surface area (Å²) in [6.45, 7) is 0. The Labute approximate surface area is 159 Å². The van der Waals surface area contributed by atoms with E-state index in [1.807, 2.05) is 36.5 Å². The van der Waals surface area contributed by atoms with Gasteiger partial charge in [-0.15, -0.1) is 0 Å². The van der Waals surface area contributed by atoms with Gasteiger partial charge in [-0.3, -0.25) is 10.1 Å². The lowest BCUT2D eigenvalue weighted by atomic mass is 10.2. The summed E-state index contributed by atoms with van der Waals surface area (Å²) in [5.74, 6) is 0. The number of rotatable bonds is 1. The molecular weight excluding hydrogens is 356 g/mol. The molecule has 0 aromatic carbocycles. The summed E-state index contributed by atoms with van der Waals surface area (Å²) in [5.41, 5.74) is 10.4. The zero-order chi connectivity index (χ0) is 19.3. The van der Waals surface area contributed by atoms with Crippen LogP contribution >= 0.6 is 0 Å². The van der Waals surface area contributed by atoms with Crippen molar-refractivity contribution >= 4 is 22.8 Å². The Morgan fingerprint density at radius 1 is 0.714 bits per heavy atom. The summed E-state index contributed by atoms with van der Waals surface area (Å²) in [7, 11) is 0. The second-order valence-electron chi connectivity index (χ2n) is 6.36. The number of nitrogens with zero attached hydrogens (tertiary/aromatic N) is 5. The molecule has 0 atom stereocenters. The monoisotopic (exact) mass is 368 g/mol. The molecule has 8 heteroatoms. The van der Waals surface area contributed by atoms with Gasteiger partial charge in [0.1, 0.15) is 11.4 Å². The van der Waals surface area contributed by atoms with E-state index in [9.17, 15) is 10.1 Å². The van der Waals surface area contributed by atoms with E-state index < -0.39 is 4.92 Å². The summed E-state index contributed by atoms with van der Waals surface area (Å²) < 4.78 is 0. The minimum Gasteiger partial charge on any atom is -0.391 e. The zero-order valence-corrected chi connectivity index (χ0v) is 14.4. The number of allylic oxidation sites excluding steroid dienone is 10. The van der Waals surface area contributed by atoms with E-state index in [0.29, 0.717) is 22.8 Å². The van der Waals surface area contributed by atoms with E-state index >= 15 is 0 Å². The zero-order valence-electron chi connectivity index (χ0n) is 14.4. The number of nitro groups is 1. The maximum atomic E-state index is 11.5. The minimum atomic E-state index is -0.525. The van der Waals surface area contributed by atoms with E-state index in [1.54, 1.807) is 24.3 Å². The second-order valence-corrected chi connectivity index (χ2v) is 6.36. The van der Waals surface area contributed by atoms with Gasteiger partial charge in [-0.25, -0.2) is 20.0 Å². The molecule has 0 amide bonds. The van der Waals surface area contributed by atoms with Crippen LogP contribution in [0.1, 0.15) is 0 Å². The lowest BCUT2D eigenvalue weighted by molar-refractivity contribution is -0.421. The number of hydrogen-bond acceptors (Lipinski definition) is 7. The lowest BCUT2D eigenvalue weighted by Crippen LogP contribution is -2.12. The molecule has 0 aromatic rings. The van der Waals surface area contributed by atoms with Gasteiger partial charge in [0.25, 0.3) is 0 Å². The molecule has 0 aromatic heterocycles. The molecule has 0 saturated heterocycles. The van der Waals surface area contributed by atoms with E-state index in [-0.39, 0.29) is 17.1 Å². The highest BCUT2D eigenvalue weighted by atomic mass is 16.6. The molecule has 0 spiro atoms. The second kappa shape index (κ2) is 5.92. The van der Waals surface area contributed by atoms with Crippen LogP contribution in [-0.4, -0.2) is 27.8 Å². The molecule has 5 aliphatic heterocycles. The molecule has 2 N–H and O–H groups in total. The normalized spacial score (nSPS) is 21.7. The SMILES string of the molecule is NC1=C([N+](=O)[O-])C2=CC3=NC(=CC4=NC(=CC5=NC(=CC1=N2)C=C5)C=C4)C=C3. The Hall–Kier alpha value is -4.20. The van der Waals surface area contributed by atoms with Crippen molar-refractivity contribution in [2.24, 2.45) is 25.7 Å². The quantitative estimate of drug-likeness (QED) is 0.565. The van der Waals surface area contributed by atoms with Gasteiger partial charge in [0, 0.05) is 0 Å². The topological polar surface area (TPSA) is 119 Å². The third-order valence-corrected chi connectivity index (χ3v) is 4.41. The van der Waals surface area contributed by atoms with Gasteiger partial charge < -0.3 is 5.73 Å². The van der Waals surface area contributed by atoms with Crippen molar-refractivity contribution in [3.05, 3.63) is 105 Å². The van der Waals surface area contributed by atoms with Crippen LogP contribution in [0.2, 0.25) is 0 Å². The molecule has 5 rings (SSSR count). The third-order valence-electron chi connectivity index (χ3n) is 4.41. The number of hydrogen-bond donors (Lipinski definition) is 1. The Morgan fingerprint density at radius 2 is 1.21 bits per heavy atom. The molecule has 0 radical (unpaired) electrons. The lowest BCUT2D eigenvalue weighted by Gasteiger charge is -1.95. The van der Waals surface area contributed by atoms with Crippen LogP contribution in [0.5, 0.6) is 0 Å². The van der Waals surface area contributed by atoms with Crippen molar-refractivity contribution in [3.8, 4) is 0 Å². The molecule has 5 heterocycles. The Kier molecular flexibility index (Phi) is 3.38. The first-order chi connectivity index (χ1) is 13.5. The van der Waals surface area contributed by atoms with Crippen molar-refractivity contribution in [2.75, 3.05) is 0 Å². The summed E-state index contributed by atoms with van der Waals surface area (Å²) >= 11 is 0. The predicted molar refractivity (Wildman–Crippen MR) is 108 cm³/mol. The molecular formula is C20H12N6O2. The molecule has 0 unspecified atom stereocenters. The molecule has 134 valence electrons. The van der Waals surface area contributed by atoms with Gasteiger partial charge >= 0.3 is 5.70 Å². The van der Waals surface area contributed by atoms with Crippen LogP contribution in [0.15, 0.2) is 115 Å². The number of nitrogens with two attached hydrogens (primary N) is 1. The van der Waals surface area contributed by atoms with Gasteiger partial charge in [-0.1, -0.05) is 0 Å². The van der Waals surface area contributed by atoms with Crippen LogP contribution in [0.25, 0.3) is 0 Å². The van der Waals surface area contributed by atoms with Crippen LogP contribution in [0, 0.1) is 10.1 Å². The largest absolute Gasteiger partial charge is 0.391 e. The Morgan fingerprint density at radius 3 is 1.75 bits per heavy atom. The highest BCUT2D eigenvalue weighted by Crippen LogP contribution is 2.27. The third kappa shape index (κ3) is 2.73. The van der Waals surface area contributed by atoms with Gasteiger partial charge in [0.05, 0.1) is 44.9 Å². The highest BCUT2D eigenvalue weighted by molar-refractivity contribution is 6.16. The molecule has 0 fully saturated rings. The highest BCUT2D eigenvalue weighted by Gasteiger charge is 2.31. The average Bonchev–Trinajstić information content (AvgIpc) is 3.40. The number of aliphatic imine (C=N–C) groups is 4. The first kappa shape index (κ1) is 16.0.